The molecule has 0 amide bonds. The monoisotopic (exact) mass is 636 g/mol. The van der Waals surface area contributed by atoms with Gasteiger partial charge in [-0.15, -0.1) is 13.2 Å². The van der Waals surface area contributed by atoms with Crippen LogP contribution in [0.25, 0.3) is 11.1 Å². The predicted octanol–water partition coefficient (Wildman–Crippen LogP) is 9.44. The lowest BCUT2D eigenvalue weighted by molar-refractivity contribution is -0.432. The molecule has 1 aliphatic heterocycles. The largest absolute Gasteiger partial charge is 0.527 e. The van der Waals surface area contributed by atoms with Gasteiger partial charge in [-0.05, 0) is 74.1 Å². The van der Waals surface area contributed by atoms with E-state index in [1.807, 2.05) is 19.1 Å². The summed E-state index contributed by atoms with van der Waals surface area (Å²) in [5, 5.41) is 0. The maximum Gasteiger partial charge on any atom is 0.527 e. The lowest BCUT2D eigenvalue weighted by Crippen LogP contribution is -2.29. The molecule has 3 aromatic rings. The van der Waals surface area contributed by atoms with Crippen LogP contribution in [-0.4, -0.2) is 19.6 Å². The van der Waals surface area contributed by atoms with Crippen molar-refractivity contribution < 1.29 is 58.1 Å². The molecule has 0 bridgehead atoms. The number of alkyl halides is 5. The summed E-state index contributed by atoms with van der Waals surface area (Å²) in [6.45, 7) is 2.77. The van der Waals surface area contributed by atoms with Crippen LogP contribution in [-0.2, 0) is 33.2 Å². The molecule has 0 radical (unpaired) electrons. The highest BCUT2D eigenvalue weighted by Gasteiger charge is 2.49. The van der Waals surface area contributed by atoms with E-state index in [1.165, 1.54) is 12.1 Å². The summed E-state index contributed by atoms with van der Waals surface area (Å²) in [6.07, 6.45) is -7.31. The summed E-state index contributed by atoms with van der Waals surface area (Å²) in [5.74, 6) is -6.93. The van der Waals surface area contributed by atoms with Gasteiger partial charge < -0.3 is 9.47 Å². The average Bonchev–Trinajstić information content (AvgIpc) is 2.91. The van der Waals surface area contributed by atoms with Crippen molar-refractivity contribution in [3.8, 4) is 11.1 Å². The highest BCUT2D eigenvalue weighted by Crippen LogP contribution is 2.39. The van der Waals surface area contributed by atoms with Gasteiger partial charge in [-0.3, -0.25) is 0 Å². The molecule has 0 unspecified atom stereocenters. The maximum atomic E-state index is 15.0. The predicted molar refractivity (Wildman–Crippen MR) is 139 cm³/mol. The molecule has 3 nitrogen and oxygen atoms in total. The summed E-state index contributed by atoms with van der Waals surface area (Å²) < 4.78 is 151. The zero-order valence-corrected chi connectivity index (χ0v) is 23.1. The van der Waals surface area contributed by atoms with Crippen LogP contribution in [0.2, 0.25) is 0 Å². The summed E-state index contributed by atoms with van der Waals surface area (Å²) in [4.78, 5) is 0. The van der Waals surface area contributed by atoms with Crippen molar-refractivity contribution in [1.82, 2.24) is 0 Å². The first kappa shape index (κ1) is 33.5. The van der Waals surface area contributed by atoms with Gasteiger partial charge in [-0.25, -0.2) is 26.7 Å². The Hall–Kier alpha value is -3.42. The molecule has 44 heavy (non-hydrogen) atoms. The molecule has 4 rings (SSSR count). The lowest BCUT2D eigenvalue weighted by Gasteiger charge is -2.29. The van der Waals surface area contributed by atoms with Crippen molar-refractivity contribution >= 4 is 0 Å². The normalized spacial score (nSPS) is 17.9. The third kappa shape index (κ3) is 8.19. The second-order valence-corrected chi connectivity index (χ2v) is 10.2. The van der Waals surface area contributed by atoms with E-state index in [0.29, 0.717) is 30.9 Å². The minimum Gasteiger partial charge on any atom is -0.348 e. The van der Waals surface area contributed by atoms with E-state index in [-0.39, 0.29) is 22.6 Å². The van der Waals surface area contributed by atoms with E-state index in [0.717, 1.165) is 31.0 Å². The van der Waals surface area contributed by atoms with Crippen LogP contribution in [0.5, 0.6) is 0 Å². The van der Waals surface area contributed by atoms with Crippen molar-refractivity contribution in [2.45, 2.75) is 51.4 Å². The maximum absolute atomic E-state index is 15.0. The summed E-state index contributed by atoms with van der Waals surface area (Å²) in [6, 6.07) is 6.31. The zero-order valence-electron chi connectivity index (χ0n) is 23.1. The summed E-state index contributed by atoms with van der Waals surface area (Å²) in [7, 11) is 0. The number of allylic oxidation sites excluding steroid dienone is 2. The van der Waals surface area contributed by atoms with E-state index in [9.17, 15) is 39.5 Å². The Morgan fingerprint density at radius 2 is 1.41 bits per heavy atom. The first-order valence-corrected chi connectivity index (χ1v) is 13.4. The summed E-state index contributed by atoms with van der Waals surface area (Å²) >= 11 is 0. The standard InChI is InChI=1S/C31H26F10O3/c1-2-3-4-5-18-15-42-29(43-16-18)19-7-9-21(23(32)12-19)20-13-24(33)22(25(34)14-20)8-6-17-10-26(35)28(27(36)11-17)30(37,38)44-31(39,40)41/h2-3,7,9-14,18,29H,4-6,8,15-16H2,1H3. The number of halogens is 10. The van der Waals surface area contributed by atoms with Gasteiger partial charge in [0.15, 0.2) is 6.29 Å². The van der Waals surface area contributed by atoms with E-state index >= 15 is 4.39 Å². The van der Waals surface area contributed by atoms with Gasteiger partial charge in [0.1, 0.15) is 34.6 Å². The summed E-state index contributed by atoms with van der Waals surface area (Å²) in [5.41, 5.74) is -3.07. The number of benzene rings is 3. The van der Waals surface area contributed by atoms with Crippen LogP contribution >= 0.6 is 0 Å². The fourth-order valence-electron chi connectivity index (χ4n) is 4.82. The van der Waals surface area contributed by atoms with Crippen LogP contribution in [0.3, 0.4) is 0 Å². The van der Waals surface area contributed by atoms with Gasteiger partial charge in [-0.1, -0.05) is 24.3 Å². The number of hydrogen-bond donors (Lipinski definition) is 0. The lowest BCUT2D eigenvalue weighted by atomic mass is 9.97. The molecule has 1 aliphatic rings. The SMILES string of the molecule is CC=CCCC1COC(c2ccc(-c3cc(F)c(CCc4cc(F)c(C(F)(F)OC(F)(F)F)c(F)c4)c(F)c3)c(F)c2)OC1. The molecular formula is C31H26F10O3. The molecule has 0 aliphatic carbocycles. The van der Waals surface area contributed by atoms with Crippen LogP contribution in [0.15, 0.2) is 54.6 Å². The molecule has 1 heterocycles. The van der Waals surface area contributed by atoms with Gasteiger partial charge in [0, 0.05) is 22.6 Å². The second-order valence-electron chi connectivity index (χ2n) is 10.2. The number of hydrogen-bond acceptors (Lipinski definition) is 3. The quantitative estimate of drug-likeness (QED) is 0.164. The van der Waals surface area contributed by atoms with Crippen molar-refractivity contribution in [3.63, 3.8) is 0 Å². The topological polar surface area (TPSA) is 27.7 Å². The Balaban J connectivity index is 1.45. The molecule has 0 aromatic heterocycles. The van der Waals surface area contributed by atoms with Gasteiger partial charge in [0.05, 0.1) is 13.2 Å². The Bertz CT molecular complexity index is 1450. The van der Waals surface area contributed by atoms with Crippen LogP contribution < -0.4 is 0 Å². The number of aryl methyl sites for hydroxylation is 1. The highest BCUT2D eigenvalue weighted by molar-refractivity contribution is 5.65. The van der Waals surface area contributed by atoms with Crippen LogP contribution in [0.4, 0.5) is 43.9 Å². The Kier molecular flexibility index (Phi) is 10.4. The molecule has 0 atom stereocenters. The minimum atomic E-state index is -5.89. The van der Waals surface area contributed by atoms with Crippen molar-refractivity contribution in [3.05, 3.63) is 106 Å². The Morgan fingerprint density at radius 1 is 0.795 bits per heavy atom. The van der Waals surface area contributed by atoms with E-state index in [2.05, 4.69) is 4.74 Å². The van der Waals surface area contributed by atoms with Gasteiger partial charge in [0.25, 0.3) is 0 Å². The average molecular weight is 637 g/mol. The molecule has 1 saturated heterocycles. The van der Waals surface area contributed by atoms with Crippen molar-refractivity contribution in [1.29, 1.82) is 0 Å². The minimum absolute atomic E-state index is 0.125. The van der Waals surface area contributed by atoms with Crippen LogP contribution in [0.1, 0.15) is 48.3 Å². The van der Waals surface area contributed by atoms with Crippen molar-refractivity contribution in [2.24, 2.45) is 5.92 Å². The molecule has 0 spiro atoms. The molecule has 238 valence electrons. The van der Waals surface area contributed by atoms with Gasteiger partial charge in [-0.2, -0.15) is 8.78 Å². The Labute approximate surface area is 246 Å². The third-order valence-electron chi connectivity index (χ3n) is 6.96. The molecule has 1 fully saturated rings. The fraction of sp³-hybridized carbons (Fsp3) is 0.355. The van der Waals surface area contributed by atoms with Gasteiger partial charge in [0.2, 0.25) is 0 Å². The smallest absolute Gasteiger partial charge is 0.348 e. The van der Waals surface area contributed by atoms with Gasteiger partial charge >= 0.3 is 12.5 Å². The number of ether oxygens (including phenoxy) is 3. The van der Waals surface area contributed by atoms with E-state index in [1.54, 1.807) is 0 Å². The fourth-order valence-corrected chi connectivity index (χ4v) is 4.82. The molecule has 3 aromatic carbocycles. The van der Waals surface area contributed by atoms with E-state index in [4.69, 9.17) is 9.47 Å². The number of rotatable bonds is 10. The van der Waals surface area contributed by atoms with E-state index < -0.39 is 71.8 Å². The molecule has 13 heteroatoms. The highest BCUT2D eigenvalue weighted by atomic mass is 19.4. The Morgan fingerprint density at radius 3 is 1.95 bits per heavy atom. The van der Waals surface area contributed by atoms with Crippen LogP contribution in [0, 0.1) is 35.0 Å². The first-order valence-electron chi connectivity index (χ1n) is 13.4. The first-order chi connectivity index (χ1) is 20.7. The molecular weight excluding hydrogens is 610 g/mol. The van der Waals surface area contributed by atoms with Crippen molar-refractivity contribution in [2.75, 3.05) is 13.2 Å². The second kappa shape index (κ2) is 13.7. The third-order valence-corrected chi connectivity index (χ3v) is 6.96. The molecule has 0 N–H and O–H groups in total. The molecule has 0 saturated carbocycles. The zero-order chi connectivity index (χ0) is 32.2.